The molecule has 3 rings (SSSR count). The molecule has 2 aliphatic rings. The van der Waals surface area contributed by atoms with Crippen molar-refractivity contribution < 1.29 is 9.84 Å². The van der Waals surface area contributed by atoms with Crippen molar-refractivity contribution in [2.24, 2.45) is 5.92 Å². The fraction of sp³-hybridized carbons (Fsp3) is 0.600. The first-order chi connectivity index (χ1) is 9.60. The first-order valence-electron chi connectivity index (χ1n) is 6.94. The predicted octanol–water partition coefficient (Wildman–Crippen LogP) is 4.44. The first-order valence-corrected chi connectivity index (χ1v) is 9.27. The SMILES string of the molecule is OC(c1ccc(Br)c(Cl)c1)C1CCOC2(CCSC2)C1. The van der Waals surface area contributed by atoms with Crippen LogP contribution in [0, 0.1) is 5.92 Å². The van der Waals surface area contributed by atoms with Crippen LogP contribution < -0.4 is 0 Å². The summed E-state index contributed by atoms with van der Waals surface area (Å²) >= 11 is 11.5. The van der Waals surface area contributed by atoms with Crippen LogP contribution in [0.25, 0.3) is 0 Å². The van der Waals surface area contributed by atoms with E-state index in [1.54, 1.807) is 0 Å². The predicted molar refractivity (Wildman–Crippen MR) is 87.5 cm³/mol. The summed E-state index contributed by atoms with van der Waals surface area (Å²) in [6.07, 6.45) is 2.53. The van der Waals surface area contributed by atoms with Gasteiger partial charge in [0.1, 0.15) is 0 Å². The Hall–Kier alpha value is 0.260. The lowest BCUT2D eigenvalue weighted by molar-refractivity contribution is -0.102. The highest BCUT2D eigenvalue weighted by molar-refractivity contribution is 9.10. The molecule has 0 radical (unpaired) electrons. The Bertz CT molecular complexity index is 491. The molecule has 20 heavy (non-hydrogen) atoms. The molecule has 0 aliphatic carbocycles. The van der Waals surface area contributed by atoms with Gasteiger partial charge in [0.15, 0.2) is 0 Å². The molecule has 0 aromatic heterocycles. The number of ether oxygens (including phenoxy) is 1. The number of thioether (sulfide) groups is 1. The van der Waals surface area contributed by atoms with E-state index in [0.29, 0.717) is 5.02 Å². The molecule has 0 amide bonds. The van der Waals surface area contributed by atoms with E-state index in [4.69, 9.17) is 16.3 Å². The van der Waals surface area contributed by atoms with Crippen LogP contribution in [0.1, 0.15) is 30.9 Å². The third kappa shape index (κ3) is 3.05. The summed E-state index contributed by atoms with van der Waals surface area (Å²) in [7, 11) is 0. The molecule has 0 bridgehead atoms. The summed E-state index contributed by atoms with van der Waals surface area (Å²) in [5.41, 5.74) is 0.916. The zero-order valence-corrected chi connectivity index (χ0v) is 14.3. The third-order valence-electron chi connectivity index (χ3n) is 4.33. The van der Waals surface area contributed by atoms with E-state index in [1.807, 2.05) is 30.0 Å². The minimum atomic E-state index is -0.452. The van der Waals surface area contributed by atoms with Crippen molar-refractivity contribution in [3.8, 4) is 0 Å². The number of rotatable bonds is 2. The maximum Gasteiger partial charge on any atom is 0.0820 e. The fourth-order valence-corrected chi connectivity index (χ4v) is 4.98. The van der Waals surface area contributed by atoms with E-state index in [9.17, 15) is 5.11 Å². The maximum atomic E-state index is 10.7. The number of hydrogen-bond acceptors (Lipinski definition) is 3. The third-order valence-corrected chi connectivity index (χ3v) is 6.79. The van der Waals surface area contributed by atoms with Gasteiger partial charge in [-0.05, 0) is 64.6 Å². The van der Waals surface area contributed by atoms with E-state index < -0.39 is 6.10 Å². The van der Waals surface area contributed by atoms with Gasteiger partial charge in [-0.25, -0.2) is 0 Å². The highest BCUT2D eigenvalue weighted by atomic mass is 79.9. The highest BCUT2D eigenvalue weighted by Gasteiger charge is 2.42. The normalized spacial score (nSPS) is 31.6. The van der Waals surface area contributed by atoms with Crippen LogP contribution in [-0.4, -0.2) is 28.8 Å². The maximum absolute atomic E-state index is 10.7. The van der Waals surface area contributed by atoms with Crippen LogP contribution in [0.4, 0.5) is 0 Å². The molecular formula is C15H18BrClO2S. The Labute approximate surface area is 137 Å². The van der Waals surface area contributed by atoms with Gasteiger partial charge < -0.3 is 9.84 Å². The summed E-state index contributed by atoms with van der Waals surface area (Å²) in [4.78, 5) is 0. The lowest BCUT2D eigenvalue weighted by Crippen LogP contribution is -2.41. The highest BCUT2D eigenvalue weighted by Crippen LogP contribution is 2.44. The zero-order chi connectivity index (χ0) is 14.2. The topological polar surface area (TPSA) is 29.5 Å². The van der Waals surface area contributed by atoms with E-state index in [1.165, 1.54) is 5.75 Å². The quantitative estimate of drug-likeness (QED) is 0.826. The van der Waals surface area contributed by atoms with Crippen molar-refractivity contribution in [3.63, 3.8) is 0 Å². The average Bonchev–Trinajstić information content (AvgIpc) is 2.89. The molecule has 3 unspecified atom stereocenters. The smallest absolute Gasteiger partial charge is 0.0820 e. The van der Waals surface area contributed by atoms with Gasteiger partial charge in [-0.2, -0.15) is 11.8 Å². The van der Waals surface area contributed by atoms with E-state index in [2.05, 4.69) is 15.9 Å². The number of hydrogen-bond donors (Lipinski definition) is 1. The van der Waals surface area contributed by atoms with Crippen molar-refractivity contribution >= 4 is 39.3 Å². The molecular weight excluding hydrogens is 360 g/mol. The van der Waals surface area contributed by atoms with Crippen LogP contribution in [0.15, 0.2) is 22.7 Å². The molecule has 5 heteroatoms. The Balaban J connectivity index is 1.75. The minimum Gasteiger partial charge on any atom is -0.388 e. The van der Waals surface area contributed by atoms with E-state index in [0.717, 1.165) is 41.7 Å². The molecule has 1 N–H and O–H groups in total. The minimum absolute atomic E-state index is 0.00766. The van der Waals surface area contributed by atoms with Gasteiger partial charge in [0.2, 0.25) is 0 Å². The molecule has 2 aliphatic heterocycles. The summed E-state index contributed by atoms with van der Waals surface area (Å²) in [6.45, 7) is 0.756. The summed E-state index contributed by atoms with van der Waals surface area (Å²) < 4.78 is 6.89. The molecule has 1 aromatic carbocycles. The number of aliphatic hydroxyl groups is 1. The Morgan fingerprint density at radius 3 is 3.05 bits per heavy atom. The lowest BCUT2D eigenvalue weighted by Gasteiger charge is -2.39. The molecule has 1 aromatic rings. The zero-order valence-electron chi connectivity index (χ0n) is 11.1. The molecule has 2 heterocycles. The van der Waals surface area contributed by atoms with Crippen LogP contribution in [0.3, 0.4) is 0 Å². The largest absolute Gasteiger partial charge is 0.388 e. The van der Waals surface area contributed by atoms with Crippen LogP contribution >= 0.6 is 39.3 Å². The fourth-order valence-electron chi connectivity index (χ4n) is 3.17. The summed E-state index contributed by atoms with van der Waals surface area (Å²) in [5.74, 6) is 2.50. The molecule has 1 spiro atoms. The first kappa shape index (κ1) is 15.2. The number of aliphatic hydroxyl groups excluding tert-OH is 1. The van der Waals surface area contributed by atoms with E-state index >= 15 is 0 Å². The van der Waals surface area contributed by atoms with Gasteiger partial charge in [-0.3, -0.25) is 0 Å². The Kier molecular flexibility index (Phi) is 4.68. The Morgan fingerprint density at radius 1 is 1.50 bits per heavy atom. The molecule has 110 valence electrons. The molecule has 2 saturated heterocycles. The second-order valence-electron chi connectivity index (χ2n) is 5.71. The average molecular weight is 378 g/mol. The van der Waals surface area contributed by atoms with Gasteiger partial charge in [0, 0.05) is 16.8 Å². The lowest BCUT2D eigenvalue weighted by atomic mass is 9.80. The monoisotopic (exact) mass is 376 g/mol. The summed E-state index contributed by atoms with van der Waals surface area (Å²) in [6, 6.07) is 5.72. The number of benzene rings is 1. The van der Waals surface area contributed by atoms with Crippen molar-refractivity contribution in [3.05, 3.63) is 33.3 Å². The van der Waals surface area contributed by atoms with E-state index in [-0.39, 0.29) is 11.5 Å². The second-order valence-corrected chi connectivity index (χ2v) is 8.07. The van der Waals surface area contributed by atoms with Crippen molar-refractivity contribution in [2.45, 2.75) is 31.0 Å². The van der Waals surface area contributed by atoms with Gasteiger partial charge in [-0.15, -0.1) is 0 Å². The second kappa shape index (κ2) is 6.17. The molecule has 0 saturated carbocycles. The van der Waals surface area contributed by atoms with Crippen LogP contribution in [0.2, 0.25) is 5.02 Å². The van der Waals surface area contributed by atoms with Crippen LogP contribution in [-0.2, 0) is 4.74 Å². The van der Waals surface area contributed by atoms with Gasteiger partial charge in [0.05, 0.1) is 16.7 Å². The van der Waals surface area contributed by atoms with Crippen molar-refractivity contribution in [1.29, 1.82) is 0 Å². The Morgan fingerprint density at radius 2 is 2.35 bits per heavy atom. The molecule has 2 nitrogen and oxygen atoms in total. The van der Waals surface area contributed by atoms with Gasteiger partial charge in [-0.1, -0.05) is 17.7 Å². The van der Waals surface area contributed by atoms with Crippen molar-refractivity contribution in [2.75, 3.05) is 18.1 Å². The van der Waals surface area contributed by atoms with Gasteiger partial charge >= 0.3 is 0 Å². The summed E-state index contributed by atoms with van der Waals surface area (Å²) in [5, 5.41) is 11.3. The molecule has 3 atom stereocenters. The van der Waals surface area contributed by atoms with Crippen LogP contribution in [0.5, 0.6) is 0 Å². The van der Waals surface area contributed by atoms with Crippen molar-refractivity contribution in [1.82, 2.24) is 0 Å². The van der Waals surface area contributed by atoms with Gasteiger partial charge in [0.25, 0.3) is 0 Å². The standard InChI is InChI=1S/C15H18BrClO2S/c16-12-2-1-10(7-13(12)17)14(18)11-3-5-19-15(8-11)4-6-20-9-15/h1-2,7,11,14,18H,3-6,8-9H2. The number of halogens is 2. The molecule has 2 fully saturated rings.